The Morgan fingerprint density at radius 3 is 2.07 bits per heavy atom. The highest BCUT2D eigenvalue weighted by atomic mass is 16.3. The summed E-state index contributed by atoms with van der Waals surface area (Å²) in [5.74, 6) is 2.04. The van der Waals surface area contributed by atoms with Crippen LogP contribution in [0.3, 0.4) is 0 Å². The maximum atomic E-state index is 8.89. The number of aliphatic hydroxyl groups excluding tert-OH is 1. The first kappa shape index (κ1) is 11.4. The van der Waals surface area contributed by atoms with E-state index in [1.165, 1.54) is 58.0 Å². The van der Waals surface area contributed by atoms with Gasteiger partial charge in [-0.2, -0.15) is 0 Å². The van der Waals surface area contributed by atoms with E-state index in [-0.39, 0.29) is 0 Å². The molecule has 1 aliphatic carbocycles. The van der Waals surface area contributed by atoms with Gasteiger partial charge in [0.05, 0.1) is 6.61 Å². The first-order chi connectivity index (χ1) is 7.40. The predicted molar refractivity (Wildman–Crippen MR) is 62.8 cm³/mol. The Kier molecular flexibility index (Phi) is 4.45. The average molecular weight is 211 g/mol. The summed E-state index contributed by atoms with van der Waals surface area (Å²) in [6, 6.07) is 0. The zero-order valence-corrected chi connectivity index (χ0v) is 9.83. The lowest BCUT2D eigenvalue weighted by atomic mass is 9.76. The summed E-state index contributed by atoms with van der Waals surface area (Å²) >= 11 is 0. The summed E-state index contributed by atoms with van der Waals surface area (Å²) < 4.78 is 0. The van der Waals surface area contributed by atoms with Crippen molar-refractivity contribution in [3.63, 3.8) is 0 Å². The van der Waals surface area contributed by atoms with Gasteiger partial charge < -0.3 is 10.0 Å². The lowest BCUT2D eigenvalue weighted by Crippen LogP contribution is -2.38. The predicted octanol–water partition coefficient (Wildman–Crippen LogP) is 2.27. The van der Waals surface area contributed by atoms with Gasteiger partial charge in [0.1, 0.15) is 0 Å². The highest BCUT2D eigenvalue weighted by molar-refractivity contribution is 4.79. The molecule has 1 saturated heterocycles. The standard InChI is InChI=1S/C13H25NO/c15-11-10-14-8-6-13(7-9-14)12-4-2-1-3-5-12/h12-13,15H,1-11H2. The topological polar surface area (TPSA) is 23.5 Å². The molecule has 1 aliphatic heterocycles. The van der Waals surface area contributed by atoms with Crippen LogP contribution in [0.15, 0.2) is 0 Å². The van der Waals surface area contributed by atoms with Gasteiger partial charge in [-0.25, -0.2) is 0 Å². The Bertz CT molecular complexity index is 169. The number of hydrogen-bond donors (Lipinski definition) is 1. The van der Waals surface area contributed by atoms with Gasteiger partial charge in [0.2, 0.25) is 0 Å². The number of piperidine rings is 1. The normalized spacial score (nSPS) is 27.0. The van der Waals surface area contributed by atoms with E-state index in [9.17, 15) is 0 Å². The minimum absolute atomic E-state index is 0.327. The van der Waals surface area contributed by atoms with Crippen LogP contribution in [0.1, 0.15) is 44.9 Å². The SMILES string of the molecule is OCCN1CCC(C2CCCCC2)CC1. The third-order valence-corrected chi connectivity index (χ3v) is 4.36. The zero-order valence-electron chi connectivity index (χ0n) is 9.83. The lowest BCUT2D eigenvalue weighted by molar-refractivity contribution is 0.110. The van der Waals surface area contributed by atoms with Gasteiger partial charge in [-0.3, -0.25) is 0 Å². The second-order valence-electron chi connectivity index (χ2n) is 5.30. The van der Waals surface area contributed by atoms with Crippen LogP contribution in [-0.4, -0.2) is 36.2 Å². The molecule has 0 atom stereocenters. The summed E-state index contributed by atoms with van der Waals surface area (Å²) in [4.78, 5) is 2.42. The maximum absolute atomic E-state index is 8.89. The van der Waals surface area contributed by atoms with Crippen molar-refractivity contribution < 1.29 is 5.11 Å². The molecule has 0 aromatic carbocycles. The summed E-state index contributed by atoms with van der Waals surface area (Å²) in [6.45, 7) is 3.66. The van der Waals surface area contributed by atoms with E-state index in [1.54, 1.807) is 0 Å². The molecule has 0 aromatic rings. The zero-order chi connectivity index (χ0) is 10.5. The van der Waals surface area contributed by atoms with E-state index in [0.29, 0.717) is 6.61 Å². The van der Waals surface area contributed by atoms with E-state index in [0.717, 1.165) is 18.4 Å². The molecule has 0 amide bonds. The Balaban J connectivity index is 1.72. The van der Waals surface area contributed by atoms with E-state index >= 15 is 0 Å². The van der Waals surface area contributed by atoms with Crippen molar-refractivity contribution >= 4 is 0 Å². The molecule has 0 spiro atoms. The number of hydrogen-bond acceptors (Lipinski definition) is 2. The molecule has 2 fully saturated rings. The van der Waals surface area contributed by atoms with Crippen LogP contribution in [0.2, 0.25) is 0 Å². The van der Waals surface area contributed by atoms with Crippen molar-refractivity contribution in [2.45, 2.75) is 44.9 Å². The summed E-state index contributed by atoms with van der Waals surface area (Å²) in [7, 11) is 0. The highest BCUT2D eigenvalue weighted by Gasteiger charge is 2.27. The molecule has 88 valence electrons. The van der Waals surface area contributed by atoms with Crippen LogP contribution in [0.4, 0.5) is 0 Å². The van der Waals surface area contributed by atoms with Gasteiger partial charge in [0.15, 0.2) is 0 Å². The number of likely N-dealkylation sites (tertiary alicyclic amines) is 1. The number of β-amino-alcohol motifs (C(OH)–C–C–N with tert-alkyl or cyclic N) is 1. The van der Waals surface area contributed by atoms with Gasteiger partial charge in [-0.05, 0) is 37.8 Å². The fraction of sp³-hybridized carbons (Fsp3) is 1.00. The molecule has 0 bridgehead atoms. The molecule has 2 rings (SSSR count). The first-order valence-corrected chi connectivity index (χ1v) is 6.73. The molecular formula is C13H25NO. The largest absolute Gasteiger partial charge is 0.395 e. The second kappa shape index (κ2) is 5.86. The average Bonchev–Trinajstić information content (AvgIpc) is 2.32. The van der Waals surface area contributed by atoms with Crippen molar-refractivity contribution in [3.05, 3.63) is 0 Å². The van der Waals surface area contributed by atoms with Crippen LogP contribution < -0.4 is 0 Å². The van der Waals surface area contributed by atoms with Gasteiger partial charge in [-0.1, -0.05) is 32.1 Å². The molecule has 0 radical (unpaired) electrons. The molecule has 0 aromatic heterocycles. The molecule has 1 N–H and O–H groups in total. The molecule has 1 saturated carbocycles. The second-order valence-corrected chi connectivity index (χ2v) is 5.30. The first-order valence-electron chi connectivity index (χ1n) is 6.73. The van der Waals surface area contributed by atoms with Crippen LogP contribution in [0.5, 0.6) is 0 Å². The Hall–Kier alpha value is -0.0800. The summed E-state index contributed by atoms with van der Waals surface area (Å²) in [5.41, 5.74) is 0. The van der Waals surface area contributed by atoms with Crippen LogP contribution in [0.25, 0.3) is 0 Å². The van der Waals surface area contributed by atoms with E-state index < -0.39 is 0 Å². The van der Waals surface area contributed by atoms with Crippen LogP contribution in [-0.2, 0) is 0 Å². The Labute approximate surface area is 93.7 Å². The van der Waals surface area contributed by atoms with Gasteiger partial charge in [0.25, 0.3) is 0 Å². The highest BCUT2D eigenvalue weighted by Crippen LogP contribution is 2.35. The smallest absolute Gasteiger partial charge is 0.0558 e. The third-order valence-electron chi connectivity index (χ3n) is 4.36. The molecule has 15 heavy (non-hydrogen) atoms. The number of aliphatic hydroxyl groups is 1. The summed E-state index contributed by atoms with van der Waals surface area (Å²) in [5, 5.41) is 8.89. The quantitative estimate of drug-likeness (QED) is 0.774. The van der Waals surface area contributed by atoms with Gasteiger partial charge in [0, 0.05) is 6.54 Å². The summed E-state index contributed by atoms with van der Waals surface area (Å²) in [6.07, 6.45) is 10.2. The fourth-order valence-corrected chi connectivity index (χ4v) is 3.39. The van der Waals surface area contributed by atoms with Crippen molar-refractivity contribution in [2.24, 2.45) is 11.8 Å². The fourth-order valence-electron chi connectivity index (χ4n) is 3.39. The van der Waals surface area contributed by atoms with Gasteiger partial charge in [-0.15, -0.1) is 0 Å². The molecular weight excluding hydrogens is 186 g/mol. The molecule has 2 heteroatoms. The van der Waals surface area contributed by atoms with Crippen molar-refractivity contribution in [1.82, 2.24) is 4.90 Å². The van der Waals surface area contributed by atoms with Crippen molar-refractivity contribution in [2.75, 3.05) is 26.2 Å². The van der Waals surface area contributed by atoms with E-state index in [2.05, 4.69) is 4.90 Å². The van der Waals surface area contributed by atoms with Crippen molar-refractivity contribution in [1.29, 1.82) is 0 Å². The molecule has 2 aliphatic rings. The third kappa shape index (κ3) is 3.18. The van der Waals surface area contributed by atoms with Crippen molar-refractivity contribution in [3.8, 4) is 0 Å². The van der Waals surface area contributed by atoms with Crippen LogP contribution in [0, 0.1) is 11.8 Å². The number of nitrogens with zero attached hydrogens (tertiary/aromatic N) is 1. The maximum Gasteiger partial charge on any atom is 0.0558 e. The Morgan fingerprint density at radius 1 is 0.867 bits per heavy atom. The van der Waals surface area contributed by atoms with E-state index in [4.69, 9.17) is 5.11 Å². The van der Waals surface area contributed by atoms with Gasteiger partial charge >= 0.3 is 0 Å². The minimum Gasteiger partial charge on any atom is -0.395 e. The number of rotatable bonds is 3. The molecule has 0 unspecified atom stereocenters. The monoisotopic (exact) mass is 211 g/mol. The lowest BCUT2D eigenvalue weighted by Gasteiger charge is -2.37. The van der Waals surface area contributed by atoms with E-state index in [1.807, 2.05) is 0 Å². The Morgan fingerprint density at radius 2 is 1.47 bits per heavy atom. The molecule has 2 nitrogen and oxygen atoms in total. The minimum atomic E-state index is 0.327. The molecule has 1 heterocycles. The van der Waals surface area contributed by atoms with Crippen LogP contribution >= 0.6 is 0 Å².